The van der Waals surface area contributed by atoms with Crippen LogP contribution in [0, 0.1) is 17.5 Å². The molecule has 3 aliphatic rings. The highest BCUT2D eigenvalue weighted by Crippen LogP contribution is 2.46. The number of carbonyl (C=O) groups is 4. The van der Waals surface area contributed by atoms with Crippen LogP contribution in [-0.2, 0) is 46.8 Å². The number of likely N-dealkylation sites (tertiary alicyclic amines) is 1. The van der Waals surface area contributed by atoms with Gasteiger partial charge in [-0.2, -0.15) is 0 Å². The standard InChI is InChI=1S/C40H44F3N5O8/c1-22-26(32-28(41)8-9-29(42)33(32)43)17-30(46-38(52)56-39(2,3)4)35(49)48(22)10-12-55-14-13-54-11-6-7-23-15-27-34(45-20-23)47-37(51)40(27)18-24-16-25(36(50)53-5)21-44-31(24)19-40/h6-9,15-16,20-22,26,30H,10-14,17-19H2,1-5H3,(H,46,52)(H,45,47,51)/b7-6+/t22?,26?,30?,40-/m0/s1. The highest BCUT2D eigenvalue weighted by atomic mass is 19.2. The van der Waals surface area contributed by atoms with Crippen molar-refractivity contribution in [2.45, 2.75) is 76.0 Å². The molecule has 4 atom stereocenters. The number of hydrogen-bond donors (Lipinski definition) is 2. The first kappa shape index (κ1) is 40.3. The van der Waals surface area contributed by atoms with Crippen LogP contribution >= 0.6 is 0 Å². The number of pyridine rings is 2. The molecule has 6 rings (SSSR count). The number of benzene rings is 1. The van der Waals surface area contributed by atoms with E-state index in [1.807, 2.05) is 12.1 Å². The van der Waals surface area contributed by atoms with Crippen LogP contribution in [0.15, 0.2) is 42.7 Å². The third-order valence-corrected chi connectivity index (χ3v) is 10.2. The number of rotatable bonds is 12. The summed E-state index contributed by atoms with van der Waals surface area (Å²) in [5.41, 5.74) is 1.15. The fraction of sp³-hybridized carbons (Fsp3) is 0.450. The Morgan fingerprint density at radius 3 is 2.54 bits per heavy atom. The summed E-state index contributed by atoms with van der Waals surface area (Å²) >= 11 is 0. The molecule has 3 unspecified atom stereocenters. The smallest absolute Gasteiger partial charge is 0.408 e. The number of halogens is 3. The molecule has 1 spiro atoms. The maximum atomic E-state index is 14.9. The molecule has 3 aromatic rings. The minimum atomic E-state index is -1.34. The van der Waals surface area contributed by atoms with E-state index in [0.29, 0.717) is 30.3 Å². The summed E-state index contributed by atoms with van der Waals surface area (Å²) in [6.45, 7) is 7.27. The van der Waals surface area contributed by atoms with Crippen LogP contribution in [-0.4, -0.2) is 96.5 Å². The Kier molecular flexibility index (Phi) is 11.8. The second-order valence-corrected chi connectivity index (χ2v) is 15.0. The molecule has 0 saturated carbocycles. The number of hydrogen-bond acceptors (Lipinski definition) is 10. The zero-order chi connectivity index (χ0) is 40.4. The topological polar surface area (TPSA) is 158 Å². The molecule has 16 heteroatoms. The van der Waals surface area contributed by atoms with Gasteiger partial charge in [-0.15, -0.1) is 0 Å². The monoisotopic (exact) mass is 779 g/mol. The van der Waals surface area contributed by atoms with Gasteiger partial charge in [-0.1, -0.05) is 12.2 Å². The van der Waals surface area contributed by atoms with Crippen LogP contribution in [0.25, 0.3) is 6.08 Å². The van der Waals surface area contributed by atoms with E-state index in [2.05, 4.69) is 20.6 Å². The average Bonchev–Trinajstić information content (AvgIpc) is 3.66. The van der Waals surface area contributed by atoms with Gasteiger partial charge in [-0.05, 0) is 75.9 Å². The number of fused-ring (bicyclic) bond motifs is 3. The Labute approximate surface area is 321 Å². The molecule has 2 N–H and O–H groups in total. The Balaban J connectivity index is 1.01. The molecule has 4 heterocycles. The van der Waals surface area contributed by atoms with Crippen molar-refractivity contribution >= 4 is 35.8 Å². The zero-order valence-corrected chi connectivity index (χ0v) is 31.7. The molecule has 1 aromatic carbocycles. The van der Waals surface area contributed by atoms with Crippen molar-refractivity contribution < 1.29 is 51.3 Å². The van der Waals surface area contributed by atoms with Gasteiger partial charge < -0.3 is 34.5 Å². The molecule has 13 nitrogen and oxygen atoms in total. The predicted octanol–water partition coefficient (Wildman–Crippen LogP) is 5.01. The molecule has 1 aliphatic carbocycles. The second kappa shape index (κ2) is 16.4. The van der Waals surface area contributed by atoms with Crippen LogP contribution in [0.1, 0.15) is 78.3 Å². The van der Waals surface area contributed by atoms with E-state index in [1.165, 1.54) is 18.2 Å². The van der Waals surface area contributed by atoms with Crippen molar-refractivity contribution in [2.75, 3.05) is 45.4 Å². The normalized spacial score (nSPS) is 21.6. The largest absolute Gasteiger partial charge is 0.465 e. The molecule has 1 saturated heterocycles. The maximum absolute atomic E-state index is 14.9. The minimum Gasteiger partial charge on any atom is -0.465 e. The van der Waals surface area contributed by atoms with Gasteiger partial charge in [0, 0.05) is 54.1 Å². The van der Waals surface area contributed by atoms with Crippen molar-refractivity contribution in [3.05, 3.63) is 93.7 Å². The molecular formula is C40H44F3N5O8. The first-order valence-electron chi connectivity index (χ1n) is 18.3. The van der Waals surface area contributed by atoms with Crippen LogP contribution in [0.2, 0.25) is 0 Å². The molecule has 56 heavy (non-hydrogen) atoms. The van der Waals surface area contributed by atoms with Crippen LogP contribution in [0.4, 0.5) is 23.8 Å². The number of piperidine rings is 1. The number of alkyl carbamates (subject to hydrolysis) is 1. The molecule has 0 radical (unpaired) electrons. The summed E-state index contributed by atoms with van der Waals surface area (Å²) in [6, 6.07) is 3.23. The Hall–Kier alpha value is -5.35. The number of aromatic nitrogens is 2. The number of nitrogens with zero attached hydrogens (tertiary/aromatic N) is 3. The Bertz CT molecular complexity index is 2060. The van der Waals surface area contributed by atoms with Gasteiger partial charge in [0.25, 0.3) is 0 Å². The predicted molar refractivity (Wildman–Crippen MR) is 196 cm³/mol. The SMILES string of the molecule is COC(=O)c1cnc2c(c1)C[C@@]1(C2)C(=O)Nc2ncc(/C=C/COCCOCCN3C(=O)C(NC(=O)OC(C)(C)C)CC(c4c(F)ccc(F)c4F)C3C)cc21. The van der Waals surface area contributed by atoms with E-state index in [0.717, 1.165) is 28.5 Å². The van der Waals surface area contributed by atoms with Gasteiger partial charge in [0.05, 0.1) is 44.5 Å². The van der Waals surface area contributed by atoms with Gasteiger partial charge >= 0.3 is 12.1 Å². The molecule has 298 valence electrons. The summed E-state index contributed by atoms with van der Waals surface area (Å²) < 4.78 is 65.6. The van der Waals surface area contributed by atoms with Crippen molar-refractivity contribution in [3.63, 3.8) is 0 Å². The lowest BCUT2D eigenvalue weighted by Gasteiger charge is -2.43. The summed E-state index contributed by atoms with van der Waals surface area (Å²) in [7, 11) is 1.30. The Morgan fingerprint density at radius 2 is 1.79 bits per heavy atom. The summed E-state index contributed by atoms with van der Waals surface area (Å²) in [5.74, 6) is -5.16. The lowest BCUT2D eigenvalue weighted by molar-refractivity contribution is -0.140. The van der Waals surface area contributed by atoms with Crippen LogP contribution in [0.3, 0.4) is 0 Å². The molecule has 3 amide bonds. The Morgan fingerprint density at radius 1 is 1.04 bits per heavy atom. The van der Waals surface area contributed by atoms with Crippen molar-refractivity contribution in [1.82, 2.24) is 20.2 Å². The molecular weight excluding hydrogens is 735 g/mol. The highest BCUT2D eigenvalue weighted by Gasteiger charge is 2.52. The maximum Gasteiger partial charge on any atom is 0.408 e. The zero-order valence-electron chi connectivity index (χ0n) is 31.7. The van der Waals surface area contributed by atoms with Crippen LogP contribution in [0.5, 0.6) is 0 Å². The van der Waals surface area contributed by atoms with Gasteiger partial charge in [0.15, 0.2) is 11.6 Å². The van der Waals surface area contributed by atoms with E-state index in [4.69, 9.17) is 18.9 Å². The first-order valence-corrected chi connectivity index (χ1v) is 18.3. The number of carbonyl (C=O) groups excluding carboxylic acids is 4. The third-order valence-electron chi connectivity index (χ3n) is 10.2. The van der Waals surface area contributed by atoms with Crippen LogP contribution < -0.4 is 10.6 Å². The third kappa shape index (κ3) is 8.40. The number of ether oxygens (including phenoxy) is 4. The fourth-order valence-corrected chi connectivity index (χ4v) is 7.50. The molecule has 1 fully saturated rings. The average molecular weight is 780 g/mol. The lowest BCUT2D eigenvalue weighted by atomic mass is 9.79. The number of esters is 1. The van der Waals surface area contributed by atoms with E-state index in [1.54, 1.807) is 46.0 Å². The highest BCUT2D eigenvalue weighted by molar-refractivity contribution is 6.06. The van der Waals surface area contributed by atoms with E-state index in [9.17, 15) is 32.3 Å². The van der Waals surface area contributed by atoms with Gasteiger partial charge in [-0.3, -0.25) is 14.6 Å². The quantitative estimate of drug-likeness (QED) is 0.145. The molecule has 0 bridgehead atoms. The fourth-order valence-electron chi connectivity index (χ4n) is 7.50. The second-order valence-electron chi connectivity index (χ2n) is 15.0. The number of methoxy groups -OCH3 is 1. The van der Waals surface area contributed by atoms with Gasteiger partial charge in [-0.25, -0.2) is 27.7 Å². The van der Waals surface area contributed by atoms with Crippen molar-refractivity contribution in [2.24, 2.45) is 0 Å². The van der Waals surface area contributed by atoms with Crippen molar-refractivity contribution in [1.29, 1.82) is 0 Å². The summed E-state index contributed by atoms with van der Waals surface area (Å²) in [4.78, 5) is 61.6. The number of nitrogens with one attached hydrogen (secondary N) is 2. The summed E-state index contributed by atoms with van der Waals surface area (Å²) in [6.07, 6.45) is 6.43. The molecule has 2 aliphatic heterocycles. The number of anilines is 1. The van der Waals surface area contributed by atoms with Crippen molar-refractivity contribution in [3.8, 4) is 0 Å². The van der Waals surface area contributed by atoms with Gasteiger partial charge in [0.1, 0.15) is 23.3 Å². The summed E-state index contributed by atoms with van der Waals surface area (Å²) in [5, 5.41) is 5.39. The van der Waals surface area contributed by atoms with E-state index >= 15 is 0 Å². The number of amides is 3. The minimum absolute atomic E-state index is 0.0270. The lowest BCUT2D eigenvalue weighted by Crippen LogP contribution is -2.59. The van der Waals surface area contributed by atoms with E-state index < -0.39 is 70.0 Å². The van der Waals surface area contributed by atoms with E-state index in [-0.39, 0.29) is 45.3 Å². The molecule has 2 aromatic heterocycles. The van der Waals surface area contributed by atoms with Gasteiger partial charge in [0.2, 0.25) is 11.8 Å². The first-order chi connectivity index (χ1) is 26.6.